The molecule has 6 nitrogen and oxygen atoms in total. The Morgan fingerprint density at radius 1 is 1.14 bits per heavy atom. The van der Waals surface area contributed by atoms with E-state index in [0.717, 1.165) is 0 Å². The molecule has 8 heteroatoms. The molecule has 3 rings (SSSR count). The molecule has 0 atom stereocenters. The van der Waals surface area contributed by atoms with E-state index in [4.69, 9.17) is 14.2 Å². The van der Waals surface area contributed by atoms with E-state index in [-0.39, 0.29) is 17.4 Å². The molecule has 0 aromatic heterocycles. The molecule has 22 heavy (non-hydrogen) atoms. The van der Waals surface area contributed by atoms with Crippen LogP contribution < -0.4 is 18.9 Å². The normalized spacial score (nSPS) is 13.0. The molecule has 0 bridgehead atoms. The monoisotopic (exact) mass is 385 g/mol. The van der Waals surface area contributed by atoms with E-state index in [9.17, 15) is 8.42 Å². The third-order valence-corrected chi connectivity index (χ3v) is 4.94. The molecule has 0 aliphatic carbocycles. The molecule has 0 saturated heterocycles. The summed E-state index contributed by atoms with van der Waals surface area (Å²) in [5.41, 5.74) is 0.381. The molecule has 0 saturated carbocycles. The predicted molar refractivity (Wildman–Crippen MR) is 84.1 cm³/mol. The van der Waals surface area contributed by atoms with Gasteiger partial charge in [0.05, 0.1) is 12.8 Å². The van der Waals surface area contributed by atoms with Crippen molar-refractivity contribution in [1.82, 2.24) is 0 Å². The van der Waals surface area contributed by atoms with Crippen molar-refractivity contribution in [2.24, 2.45) is 0 Å². The summed E-state index contributed by atoms with van der Waals surface area (Å²) in [7, 11) is -2.38. The summed E-state index contributed by atoms with van der Waals surface area (Å²) in [5, 5.41) is 0. The van der Waals surface area contributed by atoms with Crippen molar-refractivity contribution in [2.75, 3.05) is 18.6 Å². The zero-order valence-electron chi connectivity index (χ0n) is 11.5. The Kier molecular flexibility index (Phi) is 3.88. The highest BCUT2D eigenvalue weighted by atomic mass is 79.9. The standard InChI is InChI=1S/C14H12BrNO5S/c1-19-12-4-2-9(15)6-14(12)22(17,18)16-10-3-5-11-13(7-10)21-8-20-11/h2-7,16H,8H2,1H3. The maximum absolute atomic E-state index is 12.5. The zero-order chi connectivity index (χ0) is 15.7. The average molecular weight is 386 g/mol. The number of fused-ring (bicyclic) bond motifs is 1. The van der Waals surface area contributed by atoms with E-state index >= 15 is 0 Å². The van der Waals surface area contributed by atoms with Gasteiger partial charge in [-0.3, -0.25) is 4.72 Å². The maximum Gasteiger partial charge on any atom is 0.265 e. The van der Waals surface area contributed by atoms with Gasteiger partial charge in [-0.25, -0.2) is 8.42 Å². The van der Waals surface area contributed by atoms with Crippen LogP contribution in [0.25, 0.3) is 0 Å². The summed E-state index contributed by atoms with van der Waals surface area (Å²) < 4.78 is 43.8. The quantitative estimate of drug-likeness (QED) is 0.875. The number of methoxy groups -OCH3 is 1. The minimum Gasteiger partial charge on any atom is -0.495 e. The van der Waals surface area contributed by atoms with Crippen LogP contribution in [0.2, 0.25) is 0 Å². The second-order valence-electron chi connectivity index (χ2n) is 4.47. The molecular weight excluding hydrogens is 374 g/mol. The van der Waals surface area contributed by atoms with Crippen molar-refractivity contribution >= 4 is 31.6 Å². The molecule has 0 radical (unpaired) electrons. The molecule has 2 aromatic carbocycles. The number of ether oxygens (including phenoxy) is 3. The molecule has 0 amide bonds. The van der Waals surface area contributed by atoms with Crippen molar-refractivity contribution < 1.29 is 22.6 Å². The maximum atomic E-state index is 12.5. The van der Waals surface area contributed by atoms with Crippen molar-refractivity contribution in [1.29, 1.82) is 0 Å². The van der Waals surface area contributed by atoms with Crippen LogP contribution in [0, 0.1) is 0 Å². The predicted octanol–water partition coefficient (Wildman–Crippen LogP) is 2.99. The van der Waals surface area contributed by atoms with Gasteiger partial charge in [0.15, 0.2) is 11.5 Å². The second kappa shape index (κ2) is 5.69. The van der Waals surface area contributed by atoms with Gasteiger partial charge in [0.2, 0.25) is 6.79 Å². The molecule has 1 aliphatic rings. The largest absolute Gasteiger partial charge is 0.495 e. The number of benzene rings is 2. The van der Waals surface area contributed by atoms with Crippen LogP contribution in [-0.4, -0.2) is 22.3 Å². The smallest absolute Gasteiger partial charge is 0.265 e. The van der Waals surface area contributed by atoms with E-state index in [1.807, 2.05) is 0 Å². The molecule has 1 heterocycles. The first kappa shape index (κ1) is 15.0. The van der Waals surface area contributed by atoms with Crippen molar-refractivity contribution in [3.05, 3.63) is 40.9 Å². The number of rotatable bonds is 4. The zero-order valence-corrected chi connectivity index (χ0v) is 13.9. The van der Waals surface area contributed by atoms with Gasteiger partial charge in [-0.1, -0.05) is 15.9 Å². The fourth-order valence-electron chi connectivity index (χ4n) is 2.03. The third-order valence-electron chi connectivity index (χ3n) is 3.04. The minimum atomic E-state index is -3.80. The highest BCUT2D eigenvalue weighted by molar-refractivity contribution is 9.10. The van der Waals surface area contributed by atoms with Crippen LogP contribution in [-0.2, 0) is 10.0 Å². The number of hydrogen-bond acceptors (Lipinski definition) is 5. The highest BCUT2D eigenvalue weighted by Gasteiger charge is 2.21. The van der Waals surface area contributed by atoms with Gasteiger partial charge in [-0.2, -0.15) is 0 Å². The van der Waals surface area contributed by atoms with Crippen molar-refractivity contribution in [3.8, 4) is 17.2 Å². The summed E-state index contributed by atoms with van der Waals surface area (Å²) in [6.07, 6.45) is 0. The summed E-state index contributed by atoms with van der Waals surface area (Å²) in [5.74, 6) is 1.35. The summed E-state index contributed by atoms with van der Waals surface area (Å²) in [6.45, 7) is 0.130. The van der Waals surface area contributed by atoms with E-state index in [0.29, 0.717) is 21.7 Å². The van der Waals surface area contributed by atoms with E-state index in [1.165, 1.54) is 13.2 Å². The van der Waals surface area contributed by atoms with Gasteiger partial charge in [0.1, 0.15) is 10.6 Å². The Balaban J connectivity index is 1.95. The molecule has 116 valence electrons. The van der Waals surface area contributed by atoms with Gasteiger partial charge in [-0.15, -0.1) is 0 Å². The molecule has 1 N–H and O–H groups in total. The number of anilines is 1. The molecular formula is C14H12BrNO5S. The lowest BCUT2D eigenvalue weighted by atomic mass is 10.3. The summed E-state index contributed by atoms with van der Waals surface area (Å²) in [4.78, 5) is 0.0436. The first-order valence-electron chi connectivity index (χ1n) is 6.25. The number of halogens is 1. The van der Waals surface area contributed by atoms with E-state index in [1.54, 1.807) is 30.3 Å². The SMILES string of the molecule is COc1ccc(Br)cc1S(=O)(=O)Nc1ccc2c(c1)OCO2. The minimum absolute atomic E-state index is 0.0436. The lowest BCUT2D eigenvalue weighted by molar-refractivity contribution is 0.174. The van der Waals surface area contributed by atoms with Crippen LogP contribution in [0.5, 0.6) is 17.2 Å². The van der Waals surface area contributed by atoms with Gasteiger partial charge in [0.25, 0.3) is 10.0 Å². The number of nitrogens with one attached hydrogen (secondary N) is 1. The van der Waals surface area contributed by atoms with Gasteiger partial charge < -0.3 is 14.2 Å². The van der Waals surface area contributed by atoms with Crippen LogP contribution >= 0.6 is 15.9 Å². The molecule has 0 fully saturated rings. The first-order chi connectivity index (χ1) is 10.5. The lowest BCUT2D eigenvalue weighted by Crippen LogP contribution is -2.14. The lowest BCUT2D eigenvalue weighted by Gasteiger charge is -2.12. The Morgan fingerprint density at radius 2 is 1.91 bits per heavy atom. The number of hydrogen-bond donors (Lipinski definition) is 1. The molecule has 0 spiro atoms. The van der Waals surface area contributed by atoms with Crippen molar-refractivity contribution in [2.45, 2.75) is 4.90 Å². The van der Waals surface area contributed by atoms with E-state index in [2.05, 4.69) is 20.7 Å². The van der Waals surface area contributed by atoms with Crippen LogP contribution in [0.15, 0.2) is 45.8 Å². The Hall–Kier alpha value is -1.93. The topological polar surface area (TPSA) is 73.9 Å². The molecule has 0 unspecified atom stereocenters. The summed E-state index contributed by atoms with van der Waals surface area (Å²) in [6, 6.07) is 9.60. The Bertz CT molecular complexity index is 822. The van der Waals surface area contributed by atoms with Gasteiger partial charge in [0, 0.05) is 10.5 Å². The van der Waals surface area contributed by atoms with Crippen molar-refractivity contribution in [3.63, 3.8) is 0 Å². The first-order valence-corrected chi connectivity index (χ1v) is 8.53. The van der Waals surface area contributed by atoms with Crippen LogP contribution in [0.4, 0.5) is 5.69 Å². The summed E-state index contributed by atoms with van der Waals surface area (Å²) >= 11 is 3.26. The Morgan fingerprint density at radius 3 is 2.68 bits per heavy atom. The molecule has 1 aliphatic heterocycles. The third kappa shape index (κ3) is 2.84. The molecule has 2 aromatic rings. The second-order valence-corrected chi connectivity index (χ2v) is 7.04. The Labute approximate surface area is 136 Å². The van der Waals surface area contributed by atoms with Gasteiger partial charge in [-0.05, 0) is 30.3 Å². The number of sulfonamides is 1. The average Bonchev–Trinajstić information content (AvgIpc) is 2.94. The fourth-order valence-corrected chi connectivity index (χ4v) is 3.79. The van der Waals surface area contributed by atoms with E-state index < -0.39 is 10.0 Å². The van der Waals surface area contributed by atoms with Gasteiger partial charge >= 0.3 is 0 Å². The van der Waals surface area contributed by atoms with Crippen LogP contribution in [0.3, 0.4) is 0 Å². The van der Waals surface area contributed by atoms with Crippen LogP contribution in [0.1, 0.15) is 0 Å². The highest BCUT2D eigenvalue weighted by Crippen LogP contribution is 2.35. The fraction of sp³-hybridized carbons (Fsp3) is 0.143.